The fourth-order valence-electron chi connectivity index (χ4n) is 4.02. The minimum absolute atomic E-state index is 0.156. The lowest BCUT2D eigenvalue weighted by Gasteiger charge is -2.27. The molecular weight excluding hydrogens is 463 g/mol. The maximum Gasteiger partial charge on any atom is 0.416 e. The van der Waals surface area contributed by atoms with Crippen molar-refractivity contribution >= 4 is 23.1 Å². The van der Waals surface area contributed by atoms with Gasteiger partial charge >= 0.3 is 6.18 Å². The van der Waals surface area contributed by atoms with Gasteiger partial charge in [0, 0.05) is 22.9 Å². The molecule has 6 nitrogen and oxygen atoms in total. The van der Waals surface area contributed by atoms with Gasteiger partial charge in [-0.3, -0.25) is 14.5 Å². The fraction of sp³-hybridized carbons (Fsp3) is 0.154. The Bertz CT molecular complexity index is 1320. The van der Waals surface area contributed by atoms with E-state index in [1.54, 1.807) is 36.4 Å². The van der Waals surface area contributed by atoms with Crippen molar-refractivity contribution in [3.63, 3.8) is 0 Å². The number of hydrogen-bond acceptors (Lipinski definition) is 5. The Morgan fingerprint density at radius 1 is 0.914 bits per heavy atom. The third-order valence-electron chi connectivity index (χ3n) is 5.68. The minimum Gasteiger partial charge on any atom is -0.507 e. The molecule has 3 aromatic rings. The number of nitrogens with zero attached hydrogens (tertiary/aromatic N) is 1. The third kappa shape index (κ3) is 4.32. The number of halogens is 3. The van der Waals surface area contributed by atoms with Crippen molar-refractivity contribution in [2.24, 2.45) is 0 Å². The first kappa shape index (κ1) is 23.9. The number of ketones is 1. The molecule has 0 bridgehead atoms. The van der Waals surface area contributed by atoms with Crippen LogP contribution in [0.4, 0.5) is 18.9 Å². The van der Waals surface area contributed by atoms with E-state index in [1.807, 2.05) is 0 Å². The number of aliphatic hydroxyl groups is 1. The monoisotopic (exact) mass is 483 g/mol. The Labute approximate surface area is 198 Å². The van der Waals surface area contributed by atoms with Gasteiger partial charge in [-0.1, -0.05) is 36.4 Å². The zero-order valence-electron chi connectivity index (χ0n) is 18.7. The molecule has 1 N–H and O–H groups in total. The molecule has 1 atom stereocenters. The second kappa shape index (κ2) is 9.17. The molecule has 0 aromatic heterocycles. The smallest absolute Gasteiger partial charge is 0.416 e. The standard InChI is InChI=1S/C26H20F3NO5/c1-34-18-11-12-19(20(14-18)35-2)22-21(23(31)15-7-4-3-5-8-15)24(32)25(33)30(22)17-10-6-9-16(13-17)26(27,28)29/h3-14,22,31H,1-2H3/b23-21+/t22-/m1/s1. The number of carbonyl (C=O) groups excluding carboxylic acids is 2. The van der Waals surface area contributed by atoms with Crippen LogP contribution in [0.1, 0.15) is 22.7 Å². The molecule has 0 saturated carbocycles. The molecule has 1 aliphatic rings. The summed E-state index contributed by atoms with van der Waals surface area (Å²) in [6.45, 7) is 0. The van der Waals surface area contributed by atoms with E-state index in [0.29, 0.717) is 5.75 Å². The topological polar surface area (TPSA) is 76.1 Å². The lowest BCUT2D eigenvalue weighted by atomic mass is 9.94. The van der Waals surface area contributed by atoms with Crippen LogP contribution < -0.4 is 14.4 Å². The molecule has 4 rings (SSSR count). The van der Waals surface area contributed by atoms with Crippen molar-refractivity contribution in [3.8, 4) is 11.5 Å². The number of alkyl halides is 3. The van der Waals surface area contributed by atoms with E-state index < -0.39 is 35.2 Å². The van der Waals surface area contributed by atoms with Gasteiger partial charge in [-0.2, -0.15) is 13.2 Å². The predicted octanol–water partition coefficient (Wildman–Crippen LogP) is 5.35. The molecule has 1 heterocycles. The van der Waals surface area contributed by atoms with Gasteiger partial charge in [0.2, 0.25) is 0 Å². The molecule has 1 saturated heterocycles. The average molecular weight is 483 g/mol. The second-order valence-corrected chi connectivity index (χ2v) is 7.69. The Balaban J connectivity index is 2.00. The van der Waals surface area contributed by atoms with Crippen LogP contribution in [0, 0.1) is 0 Å². The molecule has 1 aliphatic heterocycles. The zero-order valence-corrected chi connectivity index (χ0v) is 18.7. The summed E-state index contributed by atoms with van der Waals surface area (Å²) in [7, 11) is 2.81. The maximum atomic E-state index is 13.4. The summed E-state index contributed by atoms with van der Waals surface area (Å²) in [6.07, 6.45) is -4.67. The molecule has 0 aliphatic carbocycles. The average Bonchev–Trinajstić information content (AvgIpc) is 3.13. The molecule has 1 amide bonds. The molecule has 3 aromatic carbocycles. The van der Waals surface area contributed by atoms with Crippen molar-refractivity contribution in [2.75, 3.05) is 19.1 Å². The number of methoxy groups -OCH3 is 2. The van der Waals surface area contributed by atoms with Crippen LogP contribution in [0.3, 0.4) is 0 Å². The van der Waals surface area contributed by atoms with Crippen LogP contribution in [0.5, 0.6) is 11.5 Å². The first-order valence-electron chi connectivity index (χ1n) is 10.4. The maximum absolute atomic E-state index is 13.4. The van der Waals surface area contributed by atoms with Crippen LogP contribution in [0.2, 0.25) is 0 Å². The van der Waals surface area contributed by atoms with Crippen molar-refractivity contribution in [1.82, 2.24) is 0 Å². The third-order valence-corrected chi connectivity index (χ3v) is 5.68. The Morgan fingerprint density at radius 2 is 1.63 bits per heavy atom. The summed E-state index contributed by atoms with van der Waals surface area (Å²) in [5.74, 6) is -1.94. The number of aliphatic hydroxyl groups excluding tert-OH is 1. The fourth-order valence-corrected chi connectivity index (χ4v) is 4.02. The molecule has 1 fully saturated rings. The Hall–Kier alpha value is -4.27. The van der Waals surface area contributed by atoms with Crippen molar-refractivity contribution in [1.29, 1.82) is 0 Å². The Kier molecular flexibility index (Phi) is 6.26. The van der Waals surface area contributed by atoms with Crippen LogP contribution in [-0.4, -0.2) is 31.0 Å². The number of rotatable bonds is 5. The second-order valence-electron chi connectivity index (χ2n) is 7.69. The molecule has 9 heteroatoms. The number of ether oxygens (including phenoxy) is 2. The lowest BCUT2D eigenvalue weighted by molar-refractivity contribution is -0.137. The summed E-state index contributed by atoms with van der Waals surface area (Å²) < 4.78 is 50.9. The van der Waals surface area contributed by atoms with Gasteiger partial charge in [-0.15, -0.1) is 0 Å². The molecule has 180 valence electrons. The number of Topliss-reactive ketones (excluding diaryl/α,β-unsaturated/α-hetero) is 1. The van der Waals surface area contributed by atoms with Crippen LogP contribution in [0.15, 0.2) is 78.4 Å². The largest absolute Gasteiger partial charge is 0.507 e. The number of carbonyl (C=O) groups is 2. The molecule has 0 spiro atoms. The summed E-state index contributed by atoms with van der Waals surface area (Å²) in [5, 5.41) is 11.1. The van der Waals surface area contributed by atoms with E-state index >= 15 is 0 Å². The van der Waals surface area contributed by atoms with Gasteiger partial charge in [0.1, 0.15) is 17.3 Å². The normalized spacial score (nSPS) is 17.5. The van der Waals surface area contributed by atoms with Gasteiger partial charge in [0.15, 0.2) is 0 Å². The van der Waals surface area contributed by atoms with Crippen LogP contribution in [0.25, 0.3) is 5.76 Å². The highest BCUT2D eigenvalue weighted by atomic mass is 19.4. The van der Waals surface area contributed by atoms with Gasteiger partial charge < -0.3 is 14.6 Å². The molecular formula is C26H20F3NO5. The SMILES string of the molecule is COc1ccc([C@@H]2/C(=C(\O)c3ccccc3)C(=O)C(=O)N2c2cccc(C(F)(F)F)c2)c(OC)c1. The number of benzene rings is 3. The van der Waals surface area contributed by atoms with Gasteiger partial charge in [-0.25, -0.2) is 0 Å². The van der Waals surface area contributed by atoms with Crippen molar-refractivity contribution in [2.45, 2.75) is 12.2 Å². The molecule has 35 heavy (non-hydrogen) atoms. The summed E-state index contributed by atoms with van der Waals surface area (Å²) in [4.78, 5) is 27.3. The van der Waals surface area contributed by atoms with E-state index in [9.17, 15) is 27.9 Å². The summed E-state index contributed by atoms with van der Waals surface area (Å²) in [6, 6.07) is 15.5. The molecule has 0 unspecified atom stereocenters. The van der Waals surface area contributed by atoms with Gasteiger partial charge in [0.05, 0.1) is 31.4 Å². The van der Waals surface area contributed by atoms with Crippen LogP contribution in [-0.2, 0) is 15.8 Å². The van der Waals surface area contributed by atoms with E-state index in [-0.39, 0.29) is 28.1 Å². The molecule has 0 radical (unpaired) electrons. The quantitative estimate of drug-likeness (QED) is 0.301. The minimum atomic E-state index is -4.67. The zero-order chi connectivity index (χ0) is 25.3. The summed E-state index contributed by atoms with van der Waals surface area (Å²) in [5.41, 5.74) is -0.867. The van der Waals surface area contributed by atoms with Crippen molar-refractivity contribution < 1.29 is 37.3 Å². The van der Waals surface area contributed by atoms with Crippen LogP contribution >= 0.6 is 0 Å². The summed E-state index contributed by atoms with van der Waals surface area (Å²) >= 11 is 0. The highest BCUT2D eigenvalue weighted by Crippen LogP contribution is 2.46. The van der Waals surface area contributed by atoms with E-state index in [1.165, 1.54) is 32.4 Å². The van der Waals surface area contributed by atoms with E-state index in [2.05, 4.69) is 0 Å². The highest BCUT2D eigenvalue weighted by molar-refractivity contribution is 6.51. The van der Waals surface area contributed by atoms with E-state index in [0.717, 1.165) is 23.1 Å². The first-order valence-corrected chi connectivity index (χ1v) is 10.4. The predicted molar refractivity (Wildman–Crippen MR) is 122 cm³/mol. The number of anilines is 1. The number of hydrogen-bond donors (Lipinski definition) is 1. The van der Waals surface area contributed by atoms with Crippen molar-refractivity contribution in [3.05, 3.63) is 95.1 Å². The van der Waals surface area contributed by atoms with Gasteiger partial charge in [-0.05, 0) is 30.3 Å². The first-order chi connectivity index (χ1) is 16.7. The Morgan fingerprint density at radius 3 is 2.26 bits per heavy atom. The highest BCUT2D eigenvalue weighted by Gasteiger charge is 2.48. The lowest BCUT2D eigenvalue weighted by Crippen LogP contribution is -2.30. The van der Waals surface area contributed by atoms with E-state index in [4.69, 9.17) is 9.47 Å². The number of amides is 1. The van der Waals surface area contributed by atoms with Gasteiger partial charge in [0.25, 0.3) is 11.7 Å².